The van der Waals surface area contributed by atoms with Gasteiger partial charge in [-0.3, -0.25) is 0 Å². The first-order chi connectivity index (χ1) is 12.2. The van der Waals surface area contributed by atoms with E-state index >= 15 is 0 Å². The van der Waals surface area contributed by atoms with Gasteiger partial charge in [0, 0.05) is 24.0 Å². The van der Waals surface area contributed by atoms with Gasteiger partial charge in [0.2, 0.25) is 0 Å². The minimum atomic E-state index is 0.518. The number of thiazole rings is 1. The Labute approximate surface area is 154 Å². The van der Waals surface area contributed by atoms with Crippen LogP contribution in [0.3, 0.4) is 0 Å². The predicted molar refractivity (Wildman–Crippen MR) is 105 cm³/mol. The third kappa shape index (κ3) is 2.92. The van der Waals surface area contributed by atoms with E-state index in [0.717, 1.165) is 24.5 Å². The molecule has 3 saturated heterocycles. The summed E-state index contributed by atoms with van der Waals surface area (Å²) in [5.74, 6) is 1.49. The molecule has 0 amide bonds. The number of nitrogens with one attached hydrogen (secondary N) is 1. The molecule has 3 fully saturated rings. The lowest BCUT2D eigenvalue weighted by molar-refractivity contribution is 0.161. The fourth-order valence-corrected chi connectivity index (χ4v) is 6.32. The summed E-state index contributed by atoms with van der Waals surface area (Å²) in [7, 11) is 2.32. The van der Waals surface area contributed by atoms with E-state index < -0.39 is 0 Å². The van der Waals surface area contributed by atoms with E-state index in [2.05, 4.69) is 42.4 Å². The van der Waals surface area contributed by atoms with Gasteiger partial charge in [0.25, 0.3) is 0 Å². The quantitative estimate of drug-likeness (QED) is 0.846. The van der Waals surface area contributed by atoms with Crippen LogP contribution in [-0.2, 0) is 0 Å². The molecule has 3 aliphatic heterocycles. The maximum absolute atomic E-state index is 5.10. The second-order valence-corrected chi connectivity index (χ2v) is 9.70. The van der Waals surface area contributed by atoms with Crippen molar-refractivity contribution >= 4 is 21.6 Å². The number of fused-ring (bicyclic) bond motifs is 3. The van der Waals surface area contributed by atoms with E-state index in [4.69, 9.17) is 4.98 Å². The molecule has 0 spiro atoms. The second kappa shape index (κ2) is 6.33. The SMILES string of the molecule is C[C@H]1CCC(c2ccc3sc(C4CC5CCC(C4)N5C)nc3c2)NC1. The molecule has 5 rings (SSSR count). The molecule has 1 N–H and O–H groups in total. The van der Waals surface area contributed by atoms with E-state index in [1.807, 2.05) is 11.3 Å². The van der Waals surface area contributed by atoms with Crippen molar-refractivity contribution in [3.8, 4) is 0 Å². The molecule has 4 atom stereocenters. The number of aromatic nitrogens is 1. The summed E-state index contributed by atoms with van der Waals surface area (Å²) in [6.07, 6.45) is 7.97. The van der Waals surface area contributed by atoms with Crippen LogP contribution in [-0.4, -0.2) is 35.6 Å². The van der Waals surface area contributed by atoms with E-state index in [1.54, 1.807) is 0 Å². The van der Waals surface area contributed by atoms with Crippen LogP contribution in [0.5, 0.6) is 0 Å². The maximum Gasteiger partial charge on any atom is 0.0970 e. The molecule has 3 aliphatic rings. The average Bonchev–Trinajstić information content (AvgIpc) is 3.11. The molecule has 0 aliphatic carbocycles. The lowest BCUT2D eigenvalue weighted by Crippen LogP contribution is -2.39. The van der Waals surface area contributed by atoms with Crippen LogP contribution in [0.1, 0.15) is 68.0 Å². The molecule has 0 saturated carbocycles. The monoisotopic (exact) mass is 355 g/mol. The highest BCUT2D eigenvalue weighted by Gasteiger charge is 2.39. The molecule has 3 unspecified atom stereocenters. The highest BCUT2D eigenvalue weighted by Crippen LogP contribution is 2.44. The minimum Gasteiger partial charge on any atom is -0.310 e. The summed E-state index contributed by atoms with van der Waals surface area (Å²) in [6, 6.07) is 9.10. The van der Waals surface area contributed by atoms with Crippen LogP contribution >= 0.6 is 11.3 Å². The number of piperidine rings is 2. The van der Waals surface area contributed by atoms with Crippen molar-refractivity contribution in [2.75, 3.05) is 13.6 Å². The number of benzene rings is 1. The van der Waals surface area contributed by atoms with Gasteiger partial charge in [-0.25, -0.2) is 4.98 Å². The number of nitrogens with zero attached hydrogens (tertiary/aromatic N) is 2. The molecular formula is C21H29N3S. The zero-order valence-corrected chi connectivity index (χ0v) is 16.2. The summed E-state index contributed by atoms with van der Waals surface area (Å²) in [6.45, 7) is 3.48. The Balaban J connectivity index is 1.39. The van der Waals surface area contributed by atoms with Gasteiger partial charge < -0.3 is 10.2 Å². The van der Waals surface area contributed by atoms with Crippen LogP contribution in [0.2, 0.25) is 0 Å². The molecule has 4 heteroatoms. The average molecular weight is 356 g/mol. The van der Waals surface area contributed by atoms with E-state index in [-0.39, 0.29) is 0 Å². The highest BCUT2D eigenvalue weighted by molar-refractivity contribution is 7.18. The van der Waals surface area contributed by atoms with Crippen LogP contribution < -0.4 is 5.32 Å². The topological polar surface area (TPSA) is 28.2 Å². The fourth-order valence-electron chi connectivity index (χ4n) is 5.25. The van der Waals surface area contributed by atoms with Crippen molar-refractivity contribution in [3.63, 3.8) is 0 Å². The molecule has 25 heavy (non-hydrogen) atoms. The molecule has 3 nitrogen and oxygen atoms in total. The Bertz CT molecular complexity index is 748. The summed E-state index contributed by atoms with van der Waals surface area (Å²) >= 11 is 1.94. The van der Waals surface area contributed by atoms with E-state index in [9.17, 15) is 0 Å². The third-order valence-electron chi connectivity index (χ3n) is 6.94. The van der Waals surface area contributed by atoms with Gasteiger partial charge in [-0.05, 0) is 75.7 Å². The first-order valence-corrected chi connectivity index (χ1v) is 10.8. The first-order valence-electron chi connectivity index (χ1n) is 10.0. The van der Waals surface area contributed by atoms with Crippen LogP contribution in [0.25, 0.3) is 10.2 Å². The van der Waals surface area contributed by atoms with Crippen molar-refractivity contribution < 1.29 is 0 Å². The summed E-state index contributed by atoms with van der Waals surface area (Å²) in [5.41, 5.74) is 2.66. The molecule has 2 bridgehead atoms. The number of hydrogen-bond donors (Lipinski definition) is 1. The highest BCUT2D eigenvalue weighted by atomic mass is 32.1. The Morgan fingerprint density at radius 1 is 1.12 bits per heavy atom. The van der Waals surface area contributed by atoms with Crippen molar-refractivity contribution in [3.05, 3.63) is 28.8 Å². The van der Waals surface area contributed by atoms with Gasteiger partial charge in [-0.2, -0.15) is 0 Å². The standard InChI is InChI=1S/C21H29N3S/c1-13-3-7-18(22-12-13)14-4-8-20-19(11-14)23-21(25-20)15-9-16-5-6-17(10-15)24(16)2/h4,8,11,13,15-18,22H,3,5-7,9-10,12H2,1-2H3/t13-,15?,16?,17?,18?/m0/s1. The third-order valence-corrected chi connectivity index (χ3v) is 8.14. The van der Waals surface area contributed by atoms with Crippen LogP contribution in [0.15, 0.2) is 18.2 Å². The zero-order chi connectivity index (χ0) is 17.0. The summed E-state index contributed by atoms with van der Waals surface area (Å²) < 4.78 is 1.37. The van der Waals surface area contributed by atoms with Crippen LogP contribution in [0, 0.1) is 5.92 Å². The number of rotatable bonds is 2. The molecule has 1 aromatic carbocycles. The molecule has 4 heterocycles. The summed E-state index contributed by atoms with van der Waals surface area (Å²) in [4.78, 5) is 7.72. The van der Waals surface area contributed by atoms with Gasteiger partial charge >= 0.3 is 0 Å². The second-order valence-electron chi connectivity index (χ2n) is 8.64. The zero-order valence-electron chi connectivity index (χ0n) is 15.4. The minimum absolute atomic E-state index is 0.518. The largest absolute Gasteiger partial charge is 0.310 e. The van der Waals surface area contributed by atoms with Gasteiger partial charge in [-0.15, -0.1) is 11.3 Å². The van der Waals surface area contributed by atoms with Gasteiger partial charge in [-0.1, -0.05) is 13.0 Å². The maximum atomic E-state index is 5.10. The predicted octanol–water partition coefficient (Wildman–Crippen LogP) is 4.70. The van der Waals surface area contributed by atoms with Crippen LogP contribution in [0.4, 0.5) is 0 Å². The first kappa shape index (κ1) is 16.2. The Hall–Kier alpha value is -0.970. The van der Waals surface area contributed by atoms with Gasteiger partial charge in [0.15, 0.2) is 0 Å². The van der Waals surface area contributed by atoms with E-state index in [0.29, 0.717) is 12.0 Å². The normalized spacial score (nSPS) is 36.2. The fraction of sp³-hybridized carbons (Fsp3) is 0.667. The molecule has 134 valence electrons. The molecule has 2 aromatic rings. The number of hydrogen-bond acceptors (Lipinski definition) is 4. The lowest BCUT2D eigenvalue weighted by Gasteiger charge is -2.35. The van der Waals surface area contributed by atoms with Crippen molar-refractivity contribution in [2.45, 2.75) is 69.5 Å². The van der Waals surface area contributed by atoms with E-state index in [1.165, 1.54) is 59.3 Å². The lowest BCUT2D eigenvalue weighted by atomic mass is 9.91. The van der Waals surface area contributed by atoms with Gasteiger partial charge in [0.1, 0.15) is 0 Å². The van der Waals surface area contributed by atoms with Crippen molar-refractivity contribution in [1.29, 1.82) is 0 Å². The smallest absolute Gasteiger partial charge is 0.0970 e. The molecular weight excluding hydrogens is 326 g/mol. The van der Waals surface area contributed by atoms with Crippen molar-refractivity contribution in [1.82, 2.24) is 15.2 Å². The Morgan fingerprint density at radius 2 is 1.92 bits per heavy atom. The van der Waals surface area contributed by atoms with Crippen molar-refractivity contribution in [2.24, 2.45) is 5.92 Å². The molecule has 0 radical (unpaired) electrons. The molecule has 1 aromatic heterocycles. The Kier molecular flexibility index (Phi) is 4.11. The van der Waals surface area contributed by atoms with Gasteiger partial charge in [0.05, 0.1) is 15.2 Å². The summed E-state index contributed by atoms with van der Waals surface area (Å²) in [5, 5.41) is 5.11. The Morgan fingerprint density at radius 3 is 2.64 bits per heavy atom.